The average molecular weight is 388 g/mol. The lowest BCUT2D eigenvalue weighted by Gasteiger charge is -2.05. The van der Waals surface area contributed by atoms with Gasteiger partial charge in [-0.05, 0) is 30.7 Å². The highest BCUT2D eigenvalue weighted by Gasteiger charge is 2.30. The first-order chi connectivity index (χ1) is 11.5. The number of nitrogens with zero attached hydrogens (tertiary/aromatic N) is 3. The Kier molecular flexibility index (Phi) is 5.28. The third-order valence-electron chi connectivity index (χ3n) is 3.16. The van der Waals surface area contributed by atoms with Crippen molar-refractivity contribution in [3.63, 3.8) is 0 Å². The standard InChI is InChI=1S/C15H13Cl3N4O2/c16-15(17,18)14-21-13(22-24-14)10-3-5-11(6-4-10)23-9-1-2-12-19-7-8-20-12/h3-8H,1-2,9H2,(H,19,20). The van der Waals surface area contributed by atoms with Gasteiger partial charge < -0.3 is 14.2 Å². The number of ether oxygens (including phenoxy) is 1. The van der Waals surface area contributed by atoms with Crippen LogP contribution in [0.3, 0.4) is 0 Å². The van der Waals surface area contributed by atoms with Crippen molar-refractivity contribution in [1.29, 1.82) is 0 Å². The highest BCUT2D eigenvalue weighted by Crippen LogP contribution is 2.37. The number of aromatic amines is 1. The number of hydrogen-bond donors (Lipinski definition) is 1. The maximum Gasteiger partial charge on any atom is 0.279 e. The van der Waals surface area contributed by atoms with Crippen LogP contribution in [-0.2, 0) is 10.2 Å². The summed E-state index contributed by atoms with van der Waals surface area (Å²) in [5.74, 6) is 1.99. The number of halogens is 3. The first-order valence-corrected chi connectivity index (χ1v) is 8.28. The van der Waals surface area contributed by atoms with E-state index in [0.29, 0.717) is 12.4 Å². The van der Waals surface area contributed by atoms with Gasteiger partial charge in [-0.1, -0.05) is 40.0 Å². The zero-order valence-corrected chi connectivity index (χ0v) is 14.6. The summed E-state index contributed by atoms with van der Waals surface area (Å²) in [5, 5.41) is 3.80. The predicted molar refractivity (Wildman–Crippen MR) is 91.4 cm³/mol. The monoisotopic (exact) mass is 386 g/mol. The number of benzene rings is 1. The van der Waals surface area contributed by atoms with Gasteiger partial charge in [0.25, 0.3) is 9.68 Å². The Morgan fingerprint density at radius 1 is 1.17 bits per heavy atom. The highest BCUT2D eigenvalue weighted by molar-refractivity contribution is 6.66. The van der Waals surface area contributed by atoms with Crippen LogP contribution in [-0.4, -0.2) is 26.7 Å². The van der Waals surface area contributed by atoms with E-state index in [-0.39, 0.29) is 5.89 Å². The highest BCUT2D eigenvalue weighted by atomic mass is 35.6. The molecule has 0 radical (unpaired) electrons. The SMILES string of the molecule is ClC(Cl)(Cl)c1nc(-c2ccc(OCCCc3ncc[nH]3)cc2)no1. The van der Waals surface area contributed by atoms with E-state index in [2.05, 4.69) is 20.1 Å². The molecule has 0 amide bonds. The van der Waals surface area contributed by atoms with Gasteiger partial charge in [0, 0.05) is 24.4 Å². The minimum atomic E-state index is -1.73. The van der Waals surface area contributed by atoms with Crippen molar-refractivity contribution >= 4 is 34.8 Å². The number of nitrogens with one attached hydrogen (secondary N) is 1. The van der Waals surface area contributed by atoms with Crippen LogP contribution >= 0.6 is 34.8 Å². The van der Waals surface area contributed by atoms with E-state index >= 15 is 0 Å². The van der Waals surface area contributed by atoms with E-state index < -0.39 is 3.79 Å². The van der Waals surface area contributed by atoms with Crippen molar-refractivity contribution in [1.82, 2.24) is 20.1 Å². The molecule has 2 heterocycles. The molecule has 0 atom stereocenters. The van der Waals surface area contributed by atoms with Crippen molar-refractivity contribution in [2.75, 3.05) is 6.61 Å². The first kappa shape index (κ1) is 17.1. The molecule has 0 unspecified atom stereocenters. The maximum atomic E-state index is 5.70. The van der Waals surface area contributed by atoms with Gasteiger partial charge in [-0.25, -0.2) is 4.98 Å². The number of aryl methyl sites for hydroxylation is 1. The van der Waals surface area contributed by atoms with E-state index in [1.807, 2.05) is 24.3 Å². The third kappa shape index (κ3) is 4.41. The van der Waals surface area contributed by atoms with E-state index in [1.54, 1.807) is 12.4 Å². The Hall–Kier alpha value is -1.76. The summed E-state index contributed by atoms with van der Waals surface area (Å²) in [6, 6.07) is 7.28. The van der Waals surface area contributed by atoms with Crippen LogP contribution in [0.1, 0.15) is 18.1 Å². The quantitative estimate of drug-likeness (QED) is 0.504. The Balaban J connectivity index is 1.54. The number of imidazole rings is 1. The molecule has 0 spiro atoms. The molecule has 3 aromatic rings. The molecule has 0 aliphatic heterocycles. The predicted octanol–water partition coefficient (Wildman–Crippen LogP) is 4.30. The Labute approximate surface area is 153 Å². The summed E-state index contributed by atoms with van der Waals surface area (Å²) in [5.41, 5.74) is 0.738. The normalized spacial score (nSPS) is 11.6. The van der Waals surface area contributed by atoms with Gasteiger partial charge in [0.2, 0.25) is 5.82 Å². The largest absolute Gasteiger partial charge is 0.494 e. The average Bonchev–Trinajstić information content (AvgIpc) is 3.23. The molecule has 9 heteroatoms. The van der Waals surface area contributed by atoms with Crippen molar-refractivity contribution in [3.05, 3.63) is 48.4 Å². The van der Waals surface area contributed by atoms with Gasteiger partial charge in [0.05, 0.1) is 6.61 Å². The van der Waals surface area contributed by atoms with Crippen molar-refractivity contribution < 1.29 is 9.26 Å². The lowest BCUT2D eigenvalue weighted by Crippen LogP contribution is -2.00. The van der Waals surface area contributed by atoms with Crippen LogP contribution < -0.4 is 4.74 Å². The minimum Gasteiger partial charge on any atom is -0.494 e. The number of rotatable bonds is 6. The summed E-state index contributed by atoms with van der Waals surface area (Å²) < 4.78 is 8.88. The van der Waals surface area contributed by atoms with Gasteiger partial charge in [-0.2, -0.15) is 4.98 Å². The number of hydrogen-bond acceptors (Lipinski definition) is 5. The van der Waals surface area contributed by atoms with Gasteiger partial charge in [0.1, 0.15) is 11.6 Å². The maximum absolute atomic E-state index is 5.70. The van der Waals surface area contributed by atoms with Crippen molar-refractivity contribution in [3.8, 4) is 17.1 Å². The molecular formula is C15H13Cl3N4O2. The minimum absolute atomic E-state index is 0.0687. The second kappa shape index (κ2) is 7.42. The van der Waals surface area contributed by atoms with Gasteiger partial charge in [-0.15, -0.1) is 0 Å². The third-order valence-corrected chi connectivity index (χ3v) is 3.65. The fraction of sp³-hybridized carbons (Fsp3) is 0.267. The molecule has 0 fully saturated rings. The summed E-state index contributed by atoms with van der Waals surface area (Å²) in [4.78, 5) is 11.3. The fourth-order valence-electron chi connectivity index (χ4n) is 2.02. The first-order valence-electron chi connectivity index (χ1n) is 7.15. The summed E-state index contributed by atoms with van der Waals surface area (Å²) in [6.45, 7) is 0.597. The molecule has 3 rings (SSSR count). The van der Waals surface area contributed by atoms with Crippen LogP contribution in [0.2, 0.25) is 0 Å². The summed E-state index contributed by atoms with van der Waals surface area (Å²) in [6.07, 6.45) is 5.25. The van der Waals surface area contributed by atoms with E-state index in [9.17, 15) is 0 Å². The fourth-order valence-corrected chi connectivity index (χ4v) is 2.25. The molecule has 2 aromatic heterocycles. The van der Waals surface area contributed by atoms with Crippen LogP contribution in [0, 0.1) is 0 Å². The van der Waals surface area contributed by atoms with Gasteiger partial charge in [0.15, 0.2) is 0 Å². The Bertz CT molecular complexity index is 767. The Morgan fingerprint density at radius 2 is 1.96 bits per heavy atom. The smallest absolute Gasteiger partial charge is 0.279 e. The number of alkyl halides is 3. The summed E-state index contributed by atoms with van der Waals surface area (Å²) >= 11 is 17.1. The molecule has 0 saturated carbocycles. The molecule has 0 aliphatic carbocycles. The Morgan fingerprint density at radius 3 is 2.58 bits per heavy atom. The van der Waals surface area contributed by atoms with E-state index in [0.717, 1.165) is 30.0 Å². The summed E-state index contributed by atoms with van der Waals surface area (Å²) in [7, 11) is 0. The molecule has 24 heavy (non-hydrogen) atoms. The lowest BCUT2D eigenvalue weighted by atomic mass is 10.2. The second-order valence-corrected chi connectivity index (χ2v) is 7.21. The zero-order valence-electron chi connectivity index (χ0n) is 12.4. The molecule has 0 bridgehead atoms. The lowest BCUT2D eigenvalue weighted by molar-refractivity contribution is 0.310. The molecule has 0 saturated heterocycles. The molecule has 1 aromatic carbocycles. The molecular weight excluding hydrogens is 375 g/mol. The second-order valence-electron chi connectivity index (χ2n) is 4.93. The van der Waals surface area contributed by atoms with Gasteiger partial charge >= 0.3 is 0 Å². The van der Waals surface area contributed by atoms with E-state index in [4.69, 9.17) is 44.1 Å². The molecule has 6 nitrogen and oxygen atoms in total. The van der Waals surface area contributed by atoms with Crippen LogP contribution in [0.5, 0.6) is 5.75 Å². The van der Waals surface area contributed by atoms with Crippen LogP contribution in [0.4, 0.5) is 0 Å². The zero-order chi connectivity index (χ0) is 17.0. The van der Waals surface area contributed by atoms with Crippen molar-refractivity contribution in [2.45, 2.75) is 16.6 Å². The van der Waals surface area contributed by atoms with Crippen LogP contribution in [0.15, 0.2) is 41.2 Å². The molecule has 1 N–H and O–H groups in total. The van der Waals surface area contributed by atoms with E-state index in [1.165, 1.54) is 0 Å². The van der Waals surface area contributed by atoms with Crippen LogP contribution in [0.25, 0.3) is 11.4 Å². The molecule has 0 aliphatic rings. The number of aromatic nitrogens is 4. The van der Waals surface area contributed by atoms with Gasteiger partial charge in [-0.3, -0.25) is 0 Å². The molecule has 126 valence electrons. The number of H-pyrrole nitrogens is 1. The topological polar surface area (TPSA) is 76.8 Å². The van der Waals surface area contributed by atoms with Crippen molar-refractivity contribution in [2.24, 2.45) is 0 Å².